The monoisotopic (exact) mass is 421 g/mol. The average Bonchev–Trinajstić information content (AvgIpc) is 3.04. The molecule has 0 saturated heterocycles. The van der Waals surface area contributed by atoms with Gasteiger partial charge in [-0.2, -0.15) is 13.2 Å². The van der Waals surface area contributed by atoms with E-state index < -0.39 is 20.2 Å². The highest BCUT2D eigenvalue weighted by molar-refractivity contribution is 8.14. The zero-order chi connectivity index (χ0) is 18.0. The van der Waals surface area contributed by atoms with Crippen LogP contribution in [0.2, 0.25) is 0 Å². The van der Waals surface area contributed by atoms with Gasteiger partial charge in [0.05, 0.1) is 17.1 Å². The van der Waals surface area contributed by atoms with Crippen LogP contribution in [0.1, 0.15) is 11.1 Å². The first-order valence-corrected chi connectivity index (χ1v) is 10.0. The molecule has 12 heteroatoms. The number of nitrogens with one attached hydrogen (secondary N) is 2. The fourth-order valence-electron chi connectivity index (χ4n) is 1.92. The van der Waals surface area contributed by atoms with Crippen LogP contribution in [0.25, 0.3) is 0 Å². The van der Waals surface area contributed by atoms with Crippen LogP contribution in [0.4, 0.5) is 18.9 Å². The van der Waals surface area contributed by atoms with Crippen LogP contribution in [0.3, 0.4) is 0 Å². The van der Waals surface area contributed by atoms with Gasteiger partial charge in [-0.25, -0.2) is 8.42 Å². The molecule has 134 valence electrons. The highest BCUT2D eigenvalue weighted by Crippen LogP contribution is 2.35. The molecule has 0 bridgehead atoms. The second-order valence-corrected chi connectivity index (χ2v) is 8.18. The number of halogens is 5. The van der Waals surface area contributed by atoms with Gasteiger partial charge in [0.15, 0.2) is 5.17 Å². The van der Waals surface area contributed by atoms with Crippen molar-refractivity contribution in [2.45, 2.75) is 22.2 Å². The number of rotatable bonds is 5. The lowest BCUT2D eigenvalue weighted by Gasteiger charge is -2.18. The number of thioether (sulfide) groups is 1. The Morgan fingerprint density at radius 2 is 1.75 bits per heavy atom. The molecule has 0 fully saturated rings. The summed E-state index contributed by atoms with van der Waals surface area (Å²) < 4.78 is 61.4. The van der Waals surface area contributed by atoms with Gasteiger partial charge in [0.1, 0.15) is 0 Å². The number of amidine groups is 1. The normalized spacial score (nSPS) is 15.3. The van der Waals surface area contributed by atoms with Crippen molar-refractivity contribution in [3.05, 3.63) is 23.3 Å². The van der Waals surface area contributed by atoms with E-state index in [1.165, 1.54) is 11.8 Å². The fraction of sp³-hybridized carbons (Fsp3) is 0.417. The van der Waals surface area contributed by atoms with Crippen molar-refractivity contribution >= 4 is 55.7 Å². The Morgan fingerprint density at radius 3 is 2.17 bits per heavy atom. The number of hydrogen-bond acceptors (Lipinski definition) is 6. The second-order valence-electron chi connectivity index (χ2n) is 4.62. The van der Waals surface area contributed by atoms with Gasteiger partial charge in [-0.05, 0) is 23.3 Å². The third kappa shape index (κ3) is 4.04. The number of alkyl halides is 5. The van der Waals surface area contributed by atoms with Crippen molar-refractivity contribution in [2.75, 3.05) is 17.7 Å². The van der Waals surface area contributed by atoms with E-state index in [4.69, 9.17) is 23.2 Å². The van der Waals surface area contributed by atoms with Gasteiger partial charge < -0.3 is 0 Å². The molecule has 0 spiro atoms. The molecule has 1 aromatic rings. The van der Waals surface area contributed by atoms with E-state index in [9.17, 15) is 21.6 Å². The summed E-state index contributed by atoms with van der Waals surface area (Å²) in [7, 11) is -5.48. The molecule has 2 N–H and O–H groups in total. The Morgan fingerprint density at radius 1 is 1.17 bits per heavy atom. The lowest BCUT2D eigenvalue weighted by atomic mass is 10.1. The molecular weight excluding hydrogens is 410 g/mol. The minimum absolute atomic E-state index is 0.175. The molecule has 1 aliphatic rings. The molecule has 0 radical (unpaired) electrons. The van der Waals surface area contributed by atoms with Crippen molar-refractivity contribution < 1.29 is 21.6 Å². The van der Waals surface area contributed by atoms with E-state index in [2.05, 4.69) is 15.8 Å². The number of aliphatic imine (C=N–C) groups is 1. The molecule has 0 unspecified atom stereocenters. The van der Waals surface area contributed by atoms with Crippen molar-refractivity contribution in [3.8, 4) is 0 Å². The minimum atomic E-state index is -5.48. The topological polar surface area (TPSA) is 70.6 Å². The smallest absolute Gasteiger partial charge is 0.299 e. The summed E-state index contributed by atoms with van der Waals surface area (Å²) >= 11 is 13.0. The Labute approximate surface area is 150 Å². The summed E-state index contributed by atoms with van der Waals surface area (Å²) in [6.07, 6.45) is 0. The van der Waals surface area contributed by atoms with E-state index in [1.54, 1.807) is 0 Å². The van der Waals surface area contributed by atoms with E-state index in [-0.39, 0.29) is 22.9 Å². The largest absolute Gasteiger partial charge is 0.501 e. The maximum Gasteiger partial charge on any atom is 0.501 e. The molecule has 0 saturated carbocycles. The number of hydrogen-bond donors (Lipinski definition) is 2. The van der Waals surface area contributed by atoms with E-state index in [0.29, 0.717) is 17.4 Å². The number of nitrogens with zero attached hydrogens (tertiary/aromatic N) is 1. The molecule has 1 aliphatic heterocycles. The summed E-state index contributed by atoms with van der Waals surface area (Å²) in [6.45, 7) is 0.655. The molecule has 1 aromatic carbocycles. The maximum atomic E-state index is 12.7. The van der Waals surface area contributed by atoms with Gasteiger partial charge in [-0.15, -0.1) is 23.2 Å². The highest BCUT2D eigenvalue weighted by atomic mass is 35.5. The van der Waals surface area contributed by atoms with Gasteiger partial charge >= 0.3 is 5.51 Å². The van der Waals surface area contributed by atoms with Crippen LogP contribution in [0.15, 0.2) is 22.0 Å². The second kappa shape index (κ2) is 7.59. The summed E-state index contributed by atoms with van der Waals surface area (Å²) in [5.41, 5.74) is 0.885. The Hall–Kier alpha value is -0.840. The standard InChI is InChI=1S/C12H12Cl2F3N3O2S2/c13-5-7-3-9(24(21,22)12(15,16)17)4-8(6-14)10(7)19-20-11-18-1-2-23-11/h3-4,19H,1-2,5-6H2,(H,18,20). The van der Waals surface area contributed by atoms with Crippen molar-refractivity contribution in [3.63, 3.8) is 0 Å². The number of sulfone groups is 1. The van der Waals surface area contributed by atoms with Gasteiger partial charge in [-0.1, -0.05) is 11.8 Å². The summed E-state index contributed by atoms with van der Waals surface area (Å²) in [4.78, 5) is 3.26. The summed E-state index contributed by atoms with van der Waals surface area (Å²) in [5, 5.41) is 0.614. The first-order valence-electron chi connectivity index (χ1n) is 6.49. The minimum Gasteiger partial charge on any atom is -0.299 e. The van der Waals surface area contributed by atoms with Gasteiger partial charge in [-0.3, -0.25) is 15.8 Å². The molecule has 0 atom stereocenters. The first kappa shape index (κ1) is 19.5. The summed E-state index contributed by atoms with van der Waals surface area (Å²) in [6, 6.07) is 1.78. The fourth-order valence-corrected chi connectivity index (χ4v) is 3.89. The zero-order valence-corrected chi connectivity index (χ0v) is 15.1. The maximum absolute atomic E-state index is 12.7. The van der Waals surface area contributed by atoms with Gasteiger partial charge in [0, 0.05) is 17.5 Å². The lowest BCUT2D eigenvalue weighted by molar-refractivity contribution is -0.0436. The predicted octanol–water partition coefficient (Wildman–Crippen LogP) is 3.48. The number of benzene rings is 1. The SMILES string of the molecule is O=S(=O)(c1cc(CCl)c(NNC2=NCCS2)c(CCl)c1)C(F)(F)F. The van der Waals surface area contributed by atoms with E-state index >= 15 is 0 Å². The van der Waals surface area contributed by atoms with Crippen LogP contribution >= 0.6 is 35.0 Å². The third-order valence-corrected chi connectivity index (χ3v) is 5.99. The molecular formula is C12H12Cl2F3N3O2S2. The average molecular weight is 422 g/mol. The number of anilines is 1. The number of hydrazine groups is 1. The van der Waals surface area contributed by atoms with Gasteiger partial charge in [0.25, 0.3) is 9.84 Å². The molecule has 0 amide bonds. The highest BCUT2D eigenvalue weighted by Gasteiger charge is 2.47. The predicted molar refractivity (Wildman–Crippen MR) is 90.3 cm³/mol. The molecule has 5 nitrogen and oxygen atoms in total. The third-order valence-electron chi connectivity index (χ3n) is 3.06. The Kier molecular flexibility index (Phi) is 6.16. The Balaban J connectivity index is 2.42. The first-order chi connectivity index (χ1) is 11.2. The van der Waals surface area contributed by atoms with Crippen LogP contribution < -0.4 is 10.9 Å². The molecule has 0 aliphatic carbocycles. The molecule has 24 heavy (non-hydrogen) atoms. The molecule has 2 rings (SSSR count). The van der Waals surface area contributed by atoms with Crippen molar-refractivity contribution in [2.24, 2.45) is 4.99 Å². The van der Waals surface area contributed by atoms with Crippen molar-refractivity contribution in [1.29, 1.82) is 0 Å². The van der Waals surface area contributed by atoms with E-state index in [1.807, 2.05) is 0 Å². The van der Waals surface area contributed by atoms with Crippen LogP contribution in [0, 0.1) is 0 Å². The molecule has 0 aromatic heterocycles. The Bertz CT molecular complexity index is 729. The van der Waals surface area contributed by atoms with Gasteiger partial charge in [0.2, 0.25) is 0 Å². The quantitative estimate of drug-likeness (QED) is 0.562. The lowest BCUT2D eigenvalue weighted by Crippen LogP contribution is -2.28. The summed E-state index contributed by atoms with van der Waals surface area (Å²) in [5.74, 6) is 0.418. The molecule has 1 heterocycles. The van der Waals surface area contributed by atoms with Crippen LogP contribution in [0.5, 0.6) is 0 Å². The van der Waals surface area contributed by atoms with Crippen LogP contribution in [-0.2, 0) is 21.6 Å². The zero-order valence-electron chi connectivity index (χ0n) is 12.0. The van der Waals surface area contributed by atoms with E-state index in [0.717, 1.165) is 17.9 Å². The van der Waals surface area contributed by atoms with Crippen molar-refractivity contribution in [1.82, 2.24) is 5.43 Å². The van der Waals surface area contributed by atoms with Crippen LogP contribution in [-0.4, -0.2) is 31.4 Å².